The van der Waals surface area contributed by atoms with E-state index >= 15 is 0 Å². The summed E-state index contributed by atoms with van der Waals surface area (Å²) < 4.78 is 5.59. The summed E-state index contributed by atoms with van der Waals surface area (Å²) in [5, 5.41) is 3.28. The Hall–Kier alpha value is -1.45. The van der Waals surface area contributed by atoms with Crippen LogP contribution in [-0.2, 0) is 0 Å². The molecule has 0 spiro atoms. The predicted molar refractivity (Wildman–Crippen MR) is 76.9 cm³/mol. The van der Waals surface area contributed by atoms with Crippen LogP contribution in [0.25, 0.3) is 0 Å². The van der Waals surface area contributed by atoms with Crippen molar-refractivity contribution in [3.63, 3.8) is 0 Å². The number of ether oxygens (including phenoxy) is 1. The number of nitrogens with zero attached hydrogens (tertiary/aromatic N) is 1. The van der Waals surface area contributed by atoms with Crippen molar-refractivity contribution in [3.8, 4) is 5.88 Å². The van der Waals surface area contributed by atoms with Crippen LogP contribution in [0.4, 0.5) is 11.5 Å². The Balaban J connectivity index is 2.56. The SMILES string of the molecule is CC(C)CCNc1ccc(N)c(OCC(C)C)n1. The molecule has 0 aliphatic heterocycles. The van der Waals surface area contributed by atoms with Gasteiger partial charge < -0.3 is 15.8 Å². The molecule has 1 rings (SSSR count). The van der Waals surface area contributed by atoms with Crippen LogP contribution in [-0.4, -0.2) is 18.1 Å². The number of hydrogen-bond acceptors (Lipinski definition) is 4. The summed E-state index contributed by atoms with van der Waals surface area (Å²) in [6.07, 6.45) is 1.12. The average molecular weight is 251 g/mol. The monoisotopic (exact) mass is 251 g/mol. The maximum absolute atomic E-state index is 5.84. The summed E-state index contributed by atoms with van der Waals surface area (Å²) >= 11 is 0. The van der Waals surface area contributed by atoms with Gasteiger partial charge in [-0.3, -0.25) is 0 Å². The van der Waals surface area contributed by atoms with Gasteiger partial charge in [-0.15, -0.1) is 0 Å². The predicted octanol–water partition coefficient (Wildman–Crippen LogP) is 3.16. The van der Waals surface area contributed by atoms with E-state index in [-0.39, 0.29) is 0 Å². The summed E-state index contributed by atoms with van der Waals surface area (Å²) in [5.74, 6) is 2.49. The van der Waals surface area contributed by atoms with Gasteiger partial charge in [0.05, 0.1) is 12.3 Å². The zero-order valence-corrected chi connectivity index (χ0v) is 11.9. The highest BCUT2D eigenvalue weighted by molar-refractivity contribution is 5.53. The third kappa shape index (κ3) is 5.25. The molecule has 0 amide bonds. The first-order valence-corrected chi connectivity index (χ1v) is 6.62. The molecule has 102 valence electrons. The molecule has 4 heteroatoms. The summed E-state index contributed by atoms with van der Waals surface area (Å²) in [7, 11) is 0. The van der Waals surface area contributed by atoms with Gasteiger partial charge in [-0.1, -0.05) is 27.7 Å². The van der Waals surface area contributed by atoms with Crippen molar-refractivity contribution in [2.45, 2.75) is 34.1 Å². The molecule has 0 aliphatic rings. The Bertz CT molecular complexity index is 364. The lowest BCUT2D eigenvalue weighted by Crippen LogP contribution is -2.10. The van der Waals surface area contributed by atoms with Gasteiger partial charge in [-0.05, 0) is 30.4 Å². The summed E-state index contributed by atoms with van der Waals surface area (Å²) in [4.78, 5) is 4.38. The van der Waals surface area contributed by atoms with Crippen molar-refractivity contribution in [2.75, 3.05) is 24.2 Å². The Morgan fingerprint density at radius 1 is 1.22 bits per heavy atom. The van der Waals surface area contributed by atoms with Gasteiger partial charge in [-0.25, -0.2) is 0 Å². The molecule has 0 atom stereocenters. The van der Waals surface area contributed by atoms with Gasteiger partial charge in [-0.2, -0.15) is 4.98 Å². The Labute approximate surface area is 110 Å². The molecule has 0 unspecified atom stereocenters. The molecule has 0 fully saturated rings. The zero-order valence-electron chi connectivity index (χ0n) is 11.9. The van der Waals surface area contributed by atoms with Crippen LogP contribution in [0.2, 0.25) is 0 Å². The molecule has 0 saturated heterocycles. The maximum Gasteiger partial charge on any atom is 0.239 e. The molecule has 0 bridgehead atoms. The molecule has 1 aromatic heterocycles. The lowest BCUT2D eigenvalue weighted by Gasteiger charge is -2.12. The number of hydrogen-bond donors (Lipinski definition) is 2. The average Bonchev–Trinajstić information content (AvgIpc) is 2.29. The van der Waals surface area contributed by atoms with Crippen LogP contribution >= 0.6 is 0 Å². The third-order valence-electron chi connectivity index (χ3n) is 2.47. The van der Waals surface area contributed by atoms with Gasteiger partial charge in [0.1, 0.15) is 5.82 Å². The molecule has 0 saturated carbocycles. The first kappa shape index (κ1) is 14.6. The van der Waals surface area contributed by atoms with E-state index in [1.165, 1.54) is 0 Å². The molecular weight excluding hydrogens is 226 g/mol. The van der Waals surface area contributed by atoms with Crippen molar-refractivity contribution in [1.82, 2.24) is 4.98 Å². The van der Waals surface area contributed by atoms with E-state index < -0.39 is 0 Å². The molecule has 4 nitrogen and oxygen atoms in total. The van der Waals surface area contributed by atoms with Gasteiger partial charge in [0.2, 0.25) is 5.88 Å². The number of nitrogens with two attached hydrogens (primary N) is 1. The van der Waals surface area contributed by atoms with Gasteiger partial charge in [0.25, 0.3) is 0 Å². The highest BCUT2D eigenvalue weighted by Crippen LogP contribution is 2.21. The third-order valence-corrected chi connectivity index (χ3v) is 2.47. The second kappa shape index (κ2) is 7.09. The Kier molecular flexibility index (Phi) is 5.75. The molecule has 0 radical (unpaired) electrons. The van der Waals surface area contributed by atoms with Crippen LogP contribution in [0, 0.1) is 11.8 Å². The van der Waals surface area contributed by atoms with Gasteiger partial charge >= 0.3 is 0 Å². The van der Waals surface area contributed by atoms with Crippen molar-refractivity contribution in [3.05, 3.63) is 12.1 Å². The fraction of sp³-hybridized carbons (Fsp3) is 0.643. The topological polar surface area (TPSA) is 60.2 Å². The van der Waals surface area contributed by atoms with Gasteiger partial charge in [0.15, 0.2) is 0 Å². The van der Waals surface area contributed by atoms with Crippen molar-refractivity contribution < 1.29 is 4.74 Å². The summed E-state index contributed by atoms with van der Waals surface area (Å²) in [6, 6.07) is 3.72. The van der Waals surface area contributed by atoms with Crippen LogP contribution in [0.1, 0.15) is 34.1 Å². The highest BCUT2D eigenvalue weighted by atomic mass is 16.5. The van der Waals surface area contributed by atoms with Crippen LogP contribution in [0.15, 0.2) is 12.1 Å². The van der Waals surface area contributed by atoms with Gasteiger partial charge in [0, 0.05) is 6.54 Å². The van der Waals surface area contributed by atoms with Crippen molar-refractivity contribution in [1.29, 1.82) is 0 Å². The van der Waals surface area contributed by atoms with E-state index in [1.807, 2.05) is 12.1 Å². The fourth-order valence-corrected chi connectivity index (χ4v) is 1.40. The number of nitrogens with one attached hydrogen (secondary N) is 1. The molecule has 18 heavy (non-hydrogen) atoms. The number of pyridine rings is 1. The molecule has 1 aromatic rings. The van der Waals surface area contributed by atoms with Crippen LogP contribution in [0.5, 0.6) is 5.88 Å². The van der Waals surface area contributed by atoms with E-state index in [4.69, 9.17) is 10.5 Å². The van der Waals surface area contributed by atoms with Crippen LogP contribution < -0.4 is 15.8 Å². The number of anilines is 2. The minimum absolute atomic E-state index is 0.462. The lowest BCUT2D eigenvalue weighted by atomic mass is 10.1. The first-order valence-electron chi connectivity index (χ1n) is 6.62. The molecule has 1 heterocycles. The molecule has 0 aromatic carbocycles. The largest absolute Gasteiger partial charge is 0.476 e. The molecule has 3 N–H and O–H groups in total. The normalized spacial score (nSPS) is 11.0. The molecular formula is C14H25N3O. The number of rotatable bonds is 7. The summed E-state index contributed by atoms with van der Waals surface area (Å²) in [5.41, 5.74) is 6.43. The second-order valence-corrected chi connectivity index (χ2v) is 5.41. The Morgan fingerprint density at radius 2 is 1.94 bits per heavy atom. The number of nitrogen functional groups attached to an aromatic ring is 1. The smallest absolute Gasteiger partial charge is 0.239 e. The van der Waals surface area contributed by atoms with E-state index in [9.17, 15) is 0 Å². The van der Waals surface area contributed by atoms with Crippen molar-refractivity contribution in [2.24, 2.45) is 11.8 Å². The lowest BCUT2D eigenvalue weighted by molar-refractivity contribution is 0.263. The molecule has 0 aliphatic carbocycles. The number of aromatic nitrogens is 1. The Morgan fingerprint density at radius 3 is 2.56 bits per heavy atom. The van der Waals surface area contributed by atoms with Crippen molar-refractivity contribution >= 4 is 11.5 Å². The minimum Gasteiger partial charge on any atom is -0.476 e. The highest BCUT2D eigenvalue weighted by Gasteiger charge is 2.05. The summed E-state index contributed by atoms with van der Waals surface area (Å²) in [6.45, 7) is 10.2. The van der Waals surface area contributed by atoms with E-state index in [2.05, 4.69) is 38.0 Å². The quantitative estimate of drug-likeness (QED) is 0.781. The maximum atomic E-state index is 5.84. The van der Waals surface area contributed by atoms with E-state index in [0.29, 0.717) is 30.0 Å². The zero-order chi connectivity index (χ0) is 13.5. The standard InChI is InChI=1S/C14H25N3O/c1-10(2)7-8-16-13-6-5-12(15)14(17-13)18-9-11(3)4/h5-6,10-11H,7-9,15H2,1-4H3,(H,16,17). The fourth-order valence-electron chi connectivity index (χ4n) is 1.40. The van der Waals surface area contributed by atoms with E-state index in [1.54, 1.807) is 0 Å². The van der Waals surface area contributed by atoms with E-state index in [0.717, 1.165) is 18.8 Å². The minimum atomic E-state index is 0.462. The second-order valence-electron chi connectivity index (χ2n) is 5.41. The van der Waals surface area contributed by atoms with Crippen LogP contribution in [0.3, 0.4) is 0 Å². The first-order chi connectivity index (χ1) is 8.49.